The predicted molar refractivity (Wildman–Crippen MR) is 127 cm³/mol. The number of amides is 1. The molecule has 0 aromatic heterocycles. The van der Waals surface area contributed by atoms with Crippen molar-refractivity contribution in [2.75, 3.05) is 18.4 Å². The second-order valence-electron chi connectivity index (χ2n) is 7.94. The molecule has 1 fully saturated rings. The number of carbonyl (C=O) groups is 1. The number of carbonyl (C=O) groups excluding carboxylic acids is 1. The fraction of sp³-hybridized carbons (Fsp3) is 0.435. The summed E-state index contributed by atoms with van der Waals surface area (Å²) < 4.78 is 27.4. The number of anilines is 1. The highest BCUT2D eigenvalue weighted by Gasteiger charge is 2.33. The summed E-state index contributed by atoms with van der Waals surface area (Å²) in [4.78, 5) is 12.8. The average Bonchev–Trinajstić information content (AvgIpc) is 2.76. The van der Waals surface area contributed by atoms with Crippen LogP contribution in [0.4, 0.5) is 5.69 Å². The second kappa shape index (κ2) is 10.8. The lowest BCUT2D eigenvalue weighted by Gasteiger charge is -2.31. The van der Waals surface area contributed by atoms with E-state index < -0.39 is 15.9 Å². The van der Waals surface area contributed by atoms with Gasteiger partial charge in [0, 0.05) is 34.4 Å². The van der Waals surface area contributed by atoms with Crippen LogP contribution >= 0.6 is 23.2 Å². The van der Waals surface area contributed by atoms with E-state index in [4.69, 9.17) is 23.2 Å². The lowest BCUT2D eigenvalue weighted by atomic mass is 9.98. The highest BCUT2D eigenvalue weighted by atomic mass is 35.5. The molecular weight excluding hydrogens is 455 g/mol. The minimum absolute atomic E-state index is 0.156. The number of rotatable bonds is 8. The van der Waals surface area contributed by atoms with Crippen molar-refractivity contribution in [1.29, 1.82) is 0 Å². The molecule has 1 atom stereocenters. The Morgan fingerprint density at radius 1 is 1.13 bits per heavy atom. The van der Waals surface area contributed by atoms with Gasteiger partial charge in [-0.05, 0) is 55.5 Å². The van der Waals surface area contributed by atoms with E-state index in [1.165, 1.54) is 9.87 Å². The zero-order valence-electron chi connectivity index (χ0n) is 17.6. The van der Waals surface area contributed by atoms with Crippen molar-refractivity contribution in [1.82, 2.24) is 4.31 Å². The van der Waals surface area contributed by atoms with Gasteiger partial charge in [0.15, 0.2) is 0 Å². The molecule has 1 amide bonds. The third kappa shape index (κ3) is 6.45. The summed E-state index contributed by atoms with van der Waals surface area (Å²) in [5, 5.41) is 3.58. The van der Waals surface area contributed by atoms with Gasteiger partial charge in [-0.15, -0.1) is 0 Å². The number of hydrogen-bond acceptors (Lipinski definition) is 3. The number of nitrogens with one attached hydrogen (secondary N) is 1. The summed E-state index contributed by atoms with van der Waals surface area (Å²) in [5.74, 6) is -0.832. The average molecular weight is 483 g/mol. The Kier molecular flexibility index (Phi) is 8.39. The lowest BCUT2D eigenvalue weighted by molar-refractivity contribution is -0.120. The van der Waals surface area contributed by atoms with E-state index in [0.717, 1.165) is 24.9 Å². The minimum atomic E-state index is -3.65. The van der Waals surface area contributed by atoms with Gasteiger partial charge in [-0.25, -0.2) is 12.7 Å². The van der Waals surface area contributed by atoms with Crippen molar-refractivity contribution >= 4 is 44.8 Å². The van der Waals surface area contributed by atoms with Crippen molar-refractivity contribution in [2.24, 2.45) is 5.92 Å². The fourth-order valence-corrected chi connectivity index (χ4v) is 6.10. The van der Waals surface area contributed by atoms with Gasteiger partial charge < -0.3 is 5.32 Å². The summed E-state index contributed by atoms with van der Waals surface area (Å²) in [6.45, 7) is 2.70. The topological polar surface area (TPSA) is 66.5 Å². The van der Waals surface area contributed by atoms with E-state index >= 15 is 0 Å². The van der Waals surface area contributed by atoms with Crippen molar-refractivity contribution in [3.05, 3.63) is 63.6 Å². The number of nitrogens with zero attached hydrogens (tertiary/aromatic N) is 1. The van der Waals surface area contributed by atoms with Crippen molar-refractivity contribution in [2.45, 2.75) is 44.8 Å². The normalized spacial score (nSPS) is 17.5. The number of sulfonamides is 1. The first kappa shape index (κ1) is 24.1. The van der Waals surface area contributed by atoms with Crippen LogP contribution in [0, 0.1) is 5.92 Å². The van der Waals surface area contributed by atoms with Crippen LogP contribution in [0.5, 0.6) is 0 Å². The zero-order chi connectivity index (χ0) is 22.4. The molecule has 0 aliphatic carbocycles. The molecule has 1 heterocycles. The van der Waals surface area contributed by atoms with Crippen LogP contribution in [0.3, 0.4) is 0 Å². The molecule has 168 valence electrons. The molecular formula is C23H28Cl2N2O3S. The first-order valence-electron chi connectivity index (χ1n) is 10.6. The van der Waals surface area contributed by atoms with Crippen LogP contribution in [0.15, 0.2) is 42.5 Å². The molecule has 1 N–H and O–H groups in total. The van der Waals surface area contributed by atoms with Crippen LogP contribution in [0.1, 0.15) is 43.7 Å². The minimum Gasteiger partial charge on any atom is -0.326 e. The van der Waals surface area contributed by atoms with Gasteiger partial charge in [-0.1, -0.05) is 54.7 Å². The molecule has 0 saturated carbocycles. The quantitative estimate of drug-likeness (QED) is 0.538. The monoisotopic (exact) mass is 482 g/mol. The summed E-state index contributed by atoms with van der Waals surface area (Å²) in [7, 11) is -3.65. The smallest absolute Gasteiger partial charge is 0.228 e. The molecule has 0 spiro atoms. The van der Waals surface area contributed by atoms with Crippen molar-refractivity contribution < 1.29 is 13.2 Å². The third-order valence-corrected chi connectivity index (χ3v) is 8.06. The molecule has 5 nitrogen and oxygen atoms in total. The maximum atomic E-state index is 13.0. The summed E-state index contributed by atoms with van der Waals surface area (Å²) in [6, 6.07) is 12.8. The zero-order valence-corrected chi connectivity index (χ0v) is 19.9. The second-order valence-corrected chi connectivity index (χ2v) is 10.7. The lowest BCUT2D eigenvalue weighted by Crippen LogP contribution is -2.44. The Morgan fingerprint density at radius 2 is 1.81 bits per heavy atom. The molecule has 8 heteroatoms. The van der Waals surface area contributed by atoms with Gasteiger partial charge in [0.25, 0.3) is 0 Å². The van der Waals surface area contributed by atoms with Gasteiger partial charge in [-0.3, -0.25) is 4.79 Å². The molecule has 0 bridgehead atoms. The largest absolute Gasteiger partial charge is 0.326 e. The first-order chi connectivity index (χ1) is 14.8. The molecule has 31 heavy (non-hydrogen) atoms. The molecule has 2 aromatic carbocycles. The number of benzene rings is 2. The maximum absolute atomic E-state index is 13.0. The predicted octanol–water partition coefficient (Wildman–Crippen LogP) is 5.52. The number of aryl methyl sites for hydroxylation is 1. The van der Waals surface area contributed by atoms with Crippen LogP contribution < -0.4 is 5.32 Å². The number of halogens is 2. The molecule has 1 aliphatic heterocycles. The molecule has 1 aliphatic rings. The number of piperidine rings is 1. The SMILES string of the molecule is CCCCc1ccc(NC(=O)[C@@H]2CCCN(S(=O)(=O)Cc3c(Cl)cccc3Cl)C2)cc1. The van der Waals surface area contributed by atoms with E-state index in [0.29, 0.717) is 35.0 Å². The molecule has 0 radical (unpaired) electrons. The third-order valence-electron chi connectivity index (χ3n) is 5.58. The number of hydrogen-bond donors (Lipinski definition) is 1. The highest BCUT2D eigenvalue weighted by molar-refractivity contribution is 7.88. The molecule has 1 saturated heterocycles. The van der Waals surface area contributed by atoms with Crippen molar-refractivity contribution in [3.8, 4) is 0 Å². The summed E-state index contributed by atoms with van der Waals surface area (Å²) in [6.07, 6.45) is 4.58. The first-order valence-corrected chi connectivity index (χ1v) is 13.0. The van der Waals surface area contributed by atoms with Gasteiger partial charge in [0.1, 0.15) is 0 Å². The number of unbranched alkanes of at least 4 members (excludes halogenated alkanes) is 1. The van der Waals surface area contributed by atoms with Gasteiger partial charge in [-0.2, -0.15) is 0 Å². The van der Waals surface area contributed by atoms with E-state index in [1.54, 1.807) is 18.2 Å². The van der Waals surface area contributed by atoms with Crippen LogP contribution in [-0.2, 0) is 27.0 Å². The maximum Gasteiger partial charge on any atom is 0.228 e. The molecule has 0 unspecified atom stereocenters. The van der Waals surface area contributed by atoms with Crippen LogP contribution in [0.2, 0.25) is 10.0 Å². The highest BCUT2D eigenvalue weighted by Crippen LogP contribution is 2.29. The van der Waals surface area contributed by atoms with Crippen molar-refractivity contribution in [3.63, 3.8) is 0 Å². The Labute approximate surface area is 194 Å². The van der Waals surface area contributed by atoms with Crippen LogP contribution in [0.25, 0.3) is 0 Å². The Hall–Kier alpha value is -1.60. The van der Waals surface area contributed by atoms with E-state index in [1.807, 2.05) is 24.3 Å². The standard InChI is InChI=1S/C23H28Cl2N2O3S/c1-2-3-6-17-10-12-19(13-11-17)26-23(28)18-7-5-14-27(15-18)31(29,30)16-20-21(24)8-4-9-22(20)25/h4,8-13,18H,2-3,5-7,14-16H2,1H3,(H,26,28)/t18-/m1/s1. The van der Waals surface area contributed by atoms with Gasteiger partial charge >= 0.3 is 0 Å². The van der Waals surface area contributed by atoms with E-state index in [9.17, 15) is 13.2 Å². The summed E-state index contributed by atoms with van der Waals surface area (Å²) in [5.41, 5.74) is 2.36. The fourth-order valence-electron chi connectivity index (χ4n) is 3.73. The molecule has 2 aromatic rings. The Morgan fingerprint density at radius 3 is 2.45 bits per heavy atom. The Bertz CT molecular complexity index is 990. The summed E-state index contributed by atoms with van der Waals surface area (Å²) >= 11 is 12.3. The van der Waals surface area contributed by atoms with E-state index in [2.05, 4.69) is 12.2 Å². The van der Waals surface area contributed by atoms with Gasteiger partial charge in [0.2, 0.25) is 15.9 Å². The van der Waals surface area contributed by atoms with Gasteiger partial charge in [0.05, 0.1) is 11.7 Å². The van der Waals surface area contributed by atoms with Crippen LogP contribution in [-0.4, -0.2) is 31.7 Å². The van der Waals surface area contributed by atoms with E-state index in [-0.39, 0.29) is 18.2 Å². The molecule has 3 rings (SSSR count). The Balaban J connectivity index is 1.63.